The van der Waals surface area contributed by atoms with Crippen molar-refractivity contribution in [2.45, 2.75) is 33.9 Å². The van der Waals surface area contributed by atoms with Gasteiger partial charge in [-0.15, -0.1) is 0 Å². The molecule has 2 aromatic rings. The van der Waals surface area contributed by atoms with Crippen molar-refractivity contribution in [3.8, 4) is 0 Å². The molecule has 0 atom stereocenters. The number of aromatic nitrogens is 5. The zero-order chi connectivity index (χ0) is 13.1. The van der Waals surface area contributed by atoms with Gasteiger partial charge in [-0.25, -0.2) is 0 Å². The van der Waals surface area contributed by atoms with Gasteiger partial charge in [0.2, 0.25) is 0 Å². The maximum Gasteiger partial charge on any atom is 0.274 e. The van der Waals surface area contributed by atoms with E-state index in [1.807, 2.05) is 18.5 Å². The summed E-state index contributed by atoms with van der Waals surface area (Å²) in [6.07, 6.45) is 1.77. The molecule has 2 rings (SSSR count). The van der Waals surface area contributed by atoms with Crippen LogP contribution in [-0.2, 0) is 13.1 Å². The Morgan fingerprint density at radius 3 is 2.78 bits per heavy atom. The van der Waals surface area contributed by atoms with Gasteiger partial charge in [-0.05, 0) is 20.8 Å². The van der Waals surface area contributed by atoms with Crippen LogP contribution < -0.4 is 5.32 Å². The van der Waals surface area contributed by atoms with Gasteiger partial charge in [-0.2, -0.15) is 20.5 Å². The molecule has 0 fully saturated rings. The minimum atomic E-state index is -0.232. The lowest BCUT2D eigenvalue weighted by atomic mass is 10.2. The van der Waals surface area contributed by atoms with E-state index >= 15 is 0 Å². The minimum Gasteiger partial charge on any atom is -0.346 e. The monoisotopic (exact) mass is 248 g/mol. The van der Waals surface area contributed by atoms with Crippen LogP contribution in [0.5, 0.6) is 0 Å². The first-order valence-electron chi connectivity index (χ1n) is 5.80. The molecule has 0 saturated heterocycles. The number of nitrogens with zero attached hydrogens (tertiary/aromatic N) is 4. The molecule has 96 valence electrons. The summed E-state index contributed by atoms with van der Waals surface area (Å²) in [6, 6.07) is 0. The first kappa shape index (κ1) is 12.3. The maximum absolute atomic E-state index is 11.8. The smallest absolute Gasteiger partial charge is 0.274 e. The highest BCUT2D eigenvalue weighted by atomic mass is 16.2. The Morgan fingerprint density at radius 1 is 1.44 bits per heavy atom. The van der Waals surface area contributed by atoms with Crippen molar-refractivity contribution in [3.05, 3.63) is 28.8 Å². The number of carbonyl (C=O) groups excluding carboxylic acids is 1. The lowest BCUT2D eigenvalue weighted by Gasteiger charge is -2.04. The van der Waals surface area contributed by atoms with Gasteiger partial charge in [0.15, 0.2) is 5.69 Å². The van der Waals surface area contributed by atoms with E-state index in [-0.39, 0.29) is 5.91 Å². The second-order valence-corrected chi connectivity index (χ2v) is 4.01. The Labute approximate surface area is 105 Å². The van der Waals surface area contributed by atoms with Crippen LogP contribution in [0.1, 0.15) is 34.4 Å². The molecule has 0 aromatic carbocycles. The van der Waals surface area contributed by atoms with Crippen LogP contribution in [0.4, 0.5) is 0 Å². The highest BCUT2D eigenvalue weighted by Crippen LogP contribution is 2.07. The quantitative estimate of drug-likeness (QED) is 0.827. The lowest BCUT2D eigenvalue weighted by Crippen LogP contribution is -2.24. The molecule has 0 aliphatic rings. The molecule has 2 heterocycles. The average Bonchev–Trinajstić information content (AvgIpc) is 2.93. The molecule has 18 heavy (non-hydrogen) atoms. The summed E-state index contributed by atoms with van der Waals surface area (Å²) in [4.78, 5) is 11.8. The van der Waals surface area contributed by atoms with Gasteiger partial charge < -0.3 is 5.32 Å². The topological polar surface area (TPSA) is 88.5 Å². The van der Waals surface area contributed by atoms with Gasteiger partial charge in [0.25, 0.3) is 5.91 Å². The molecule has 0 aliphatic carbocycles. The summed E-state index contributed by atoms with van der Waals surface area (Å²) >= 11 is 0. The second-order valence-electron chi connectivity index (χ2n) is 4.01. The van der Waals surface area contributed by atoms with Crippen molar-refractivity contribution in [2.24, 2.45) is 0 Å². The van der Waals surface area contributed by atoms with Crippen molar-refractivity contribution in [2.75, 3.05) is 0 Å². The summed E-state index contributed by atoms with van der Waals surface area (Å²) in [6.45, 7) is 7.01. The van der Waals surface area contributed by atoms with E-state index in [0.29, 0.717) is 17.9 Å². The normalized spacial score (nSPS) is 10.6. The summed E-state index contributed by atoms with van der Waals surface area (Å²) in [7, 11) is 0. The number of nitrogens with one attached hydrogen (secondary N) is 2. The predicted molar refractivity (Wildman–Crippen MR) is 64.9 cm³/mol. The second kappa shape index (κ2) is 4.99. The zero-order valence-corrected chi connectivity index (χ0v) is 10.7. The molecule has 2 N–H and O–H groups in total. The largest absolute Gasteiger partial charge is 0.346 e. The third-order valence-corrected chi connectivity index (χ3v) is 2.88. The molecular formula is C11H16N6O. The third kappa shape index (κ3) is 2.24. The van der Waals surface area contributed by atoms with Crippen molar-refractivity contribution in [1.29, 1.82) is 0 Å². The molecule has 0 spiro atoms. The Kier molecular flexibility index (Phi) is 3.40. The van der Waals surface area contributed by atoms with E-state index in [1.165, 1.54) is 0 Å². The van der Waals surface area contributed by atoms with E-state index in [1.54, 1.807) is 13.1 Å². The van der Waals surface area contributed by atoms with Gasteiger partial charge in [-0.1, -0.05) is 0 Å². The van der Waals surface area contributed by atoms with E-state index in [0.717, 1.165) is 17.8 Å². The number of rotatable bonds is 4. The Balaban J connectivity index is 2.02. The van der Waals surface area contributed by atoms with Gasteiger partial charge in [0.1, 0.15) is 0 Å². The van der Waals surface area contributed by atoms with Gasteiger partial charge >= 0.3 is 0 Å². The highest BCUT2D eigenvalue weighted by molar-refractivity contribution is 5.93. The van der Waals surface area contributed by atoms with Crippen LogP contribution in [0.25, 0.3) is 0 Å². The lowest BCUT2D eigenvalue weighted by molar-refractivity contribution is 0.0945. The molecule has 2 aromatic heterocycles. The van der Waals surface area contributed by atoms with Gasteiger partial charge in [0.05, 0.1) is 11.9 Å². The van der Waals surface area contributed by atoms with Crippen molar-refractivity contribution < 1.29 is 4.79 Å². The summed E-state index contributed by atoms with van der Waals surface area (Å²) in [5.74, 6) is -0.232. The fraction of sp³-hybridized carbons (Fsp3) is 0.455. The first-order chi connectivity index (χ1) is 8.63. The standard InChI is InChI=1S/C11H16N6O/c1-4-17-8(3)9(6-13-17)5-12-11(18)10-7(2)14-16-15-10/h6H,4-5H2,1-3H3,(H,12,18)(H,14,15,16). The summed E-state index contributed by atoms with van der Waals surface area (Å²) in [5.41, 5.74) is 2.99. The van der Waals surface area contributed by atoms with Gasteiger partial charge in [-0.3, -0.25) is 9.48 Å². The number of aryl methyl sites for hydroxylation is 2. The van der Waals surface area contributed by atoms with Crippen LogP contribution >= 0.6 is 0 Å². The van der Waals surface area contributed by atoms with E-state index < -0.39 is 0 Å². The van der Waals surface area contributed by atoms with Crippen LogP contribution in [0.2, 0.25) is 0 Å². The van der Waals surface area contributed by atoms with Crippen LogP contribution in [0.3, 0.4) is 0 Å². The molecule has 0 unspecified atom stereocenters. The Bertz CT molecular complexity index is 556. The van der Waals surface area contributed by atoms with E-state index in [2.05, 4.69) is 25.8 Å². The molecule has 1 amide bonds. The maximum atomic E-state index is 11.8. The van der Waals surface area contributed by atoms with E-state index in [9.17, 15) is 4.79 Å². The van der Waals surface area contributed by atoms with Crippen molar-refractivity contribution in [3.63, 3.8) is 0 Å². The van der Waals surface area contributed by atoms with Crippen LogP contribution in [0, 0.1) is 13.8 Å². The number of hydrogen-bond donors (Lipinski definition) is 2. The fourth-order valence-electron chi connectivity index (χ4n) is 1.74. The highest BCUT2D eigenvalue weighted by Gasteiger charge is 2.13. The van der Waals surface area contributed by atoms with Gasteiger partial charge in [0, 0.05) is 24.3 Å². The molecule has 0 bridgehead atoms. The van der Waals surface area contributed by atoms with E-state index in [4.69, 9.17) is 0 Å². The zero-order valence-electron chi connectivity index (χ0n) is 10.7. The number of aromatic amines is 1. The average molecular weight is 248 g/mol. The van der Waals surface area contributed by atoms with Crippen molar-refractivity contribution in [1.82, 2.24) is 30.5 Å². The number of amides is 1. The molecule has 0 radical (unpaired) electrons. The number of carbonyl (C=O) groups is 1. The van der Waals surface area contributed by atoms with Crippen LogP contribution in [0.15, 0.2) is 6.20 Å². The molecular weight excluding hydrogens is 232 g/mol. The van der Waals surface area contributed by atoms with Crippen LogP contribution in [-0.4, -0.2) is 31.1 Å². The minimum absolute atomic E-state index is 0.232. The third-order valence-electron chi connectivity index (χ3n) is 2.88. The van der Waals surface area contributed by atoms with Crippen molar-refractivity contribution >= 4 is 5.91 Å². The Morgan fingerprint density at radius 2 is 2.22 bits per heavy atom. The summed E-state index contributed by atoms with van der Waals surface area (Å²) < 4.78 is 1.89. The molecule has 0 aliphatic heterocycles. The predicted octanol–water partition coefficient (Wildman–Crippen LogP) is 0.568. The number of H-pyrrole nitrogens is 1. The number of hydrogen-bond acceptors (Lipinski definition) is 4. The SMILES string of the molecule is CCn1ncc(CNC(=O)c2n[nH]nc2C)c1C. The Hall–Kier alpha value is -2.18. The fourth-order valence-corrected chi connectivity index (χ4v) is 1.74. The molecule has 0 saturated carbocycles. The molecule has 7 heteroatoms. The summed E-state index contributed by atoms with van der Waals surface area (Å²) in [5, 5.41) is 17.1. The molecule has 7 nitrogen and oxygen atoms in total. The first-order valence-corrected chi connectivity index (χ1v) is 5.80.